The normalized spacial score (nSPS) is 24.1. The number of aliphatic carboxylic acids is 1. The van der Waals surface area contributed by atoms with E-state index in [0.29, 0.717) is 5.92 Å². The van der Waals surface area contributed by atoms with E-state index in [-0.39, 0.29) is 0 Å². The van der Waals surface area contributed by atoms with Crippen LogP contribution in [0.15, 0.2) is 23.8 Å². The molecule has 0 aromatic heterocycles. The fourth-order valence-corrected chi connectivity index (χ4v) is 0.628. The van der Waals surface area contributed by atoms with Crippen molar-refractivity contribution >= 4 is 5.97 Å². The lowest BCUT2D eigenvalue weighted by Gasteiger charge is -1.81. The monoisotopic (exact) mass is 124 g/mol. The second-order valence-electron chi connectivity index (χ2n) is 2.13. The zero-order valence-electron chi connectivity index (χ0n) is 5.16. The summed E-state index contributed by atoms with van der Waals surface area (Å²) in [6.07, 6.45) is 4.87. The Balaban J connectivity index is 2.28. The predicted molar refractivity (Wildman–Crippen MR) is 34.0 cm³/mol. The molecule has 1 N–H and O–H groups in total. The minimum absolute atomic E-state index is 0.334. The molecular formula is C7H8O2. The summed E-state index contributed by atoms with van der Waals surface area (Å²) in [4.78, 5) is 9.93. The predicted octanol–water partition coefficient (Wildman–Crippen LogP) is 1.20. The van der Waals surface area contributed by atoms with Crippen molar-refractivity contribution in [3.05, 3.63) is 23.8 Å². The molecule has 1 unspecified atom stereocenters. The third-order valence-electron chi connectivity index (χ3n) is 1.31. The van der Waals surface area contributed by atoms with Gasteiger partial charge >= 0.3 is 5.97 Å². The highest BCUT2D eigenvalue weighted by molar-refractivity contribution is 5.80. The number of carboxylic acid groups (broad SMARTS) is 1. The lowest BCUT2D eigenvalue weighted by Crippen LogP contribution is -1.86. The van der Waals surface area contributed by atoms with E-state index < -0.39 is 5.97 Å². The highest BCUT2D eigenvalue weighted by Crippen LogP contribution is 2.28. The fourth-order valence-electron chi connectivity index (χ4n) is 0.628. The molecule has 0 aliphatic heterocycles. The van der Waals surface area contributed by atoms with E-state index in [1.165, 1.54) is 11.6 Å². The molecule has 1 rings (SSSR count). The number of allylic oxidation sites excluding steroid dienone is 3. The topological polar surface area (TPSA) is 37.3 Å². The summed E-state index contributed by atoms with van der Waals surface area (Å²) < 4.78 is 0. The van der Waals surface area contributed by atoms with E-state index in [9.17, 15) is 4.79 Å². The zero-order valence-corrected chi connectivity index (χ0v) is 5.16. The average molecular weight is 124 g/mol. The summed E-state index contributed by atoms with van der Waals surface area (Å²) >= 11 is 0. The SMILES string of the molecule is CC1=CC1/C=C/C(=O)O. The maximum atomic E-state index is 9.93. The van der Waals surface area contributed by atoms with Gasteiger partial charge in [-0.15, -0.1) is 0 Å². The van der Waals surface area contributed by atoms with Gasteiger partial charge in [0.2, 0.25) is 0 Å². The van der Waals surface area contributed by atoms with Crippen molar-refractivity contribution in [1.82, 2.24) is 0 Å². The highest BCUT2D eigenvalue weighted by Gasteiger charge is 2.15. The second-order valence-corrected chi connectivity index (χ2v) is 2.13. The molecular weight excluding hydrogens is 116 g/mol. The molecule has 1 aliphatic carbocycles. The quantitative estimate of drug-likeness (QED) is 0.443. The van der Waals surface area contributed by atoms with Gasteiger partial charge in [0.15, 0.2) is 0 Å². The van der Waals surface area contributed by atoms with Crippen LogP contribution in [0.25, 0.3) is 0 Å². The van der Waals surface area contributed by atoms with Gasteiger partial charge in [-0.25, -0.2) is 4.79 Å². The van der Waals surface area contributed by atoms with Gasteiger partial charge in [0.1, 0.15) is 0 Å². The van der Waals surface area contributed by atoms with E-state index in [1.54, 1.807) is 6.08 Å². The van der Waals surface area contributed by atoms with Crippen LogP contribution in [0, 0.1) is 5.92 Å². The molecule has 0 saturated carbocycles. The van der Waals surface area contributed by atoms with E-state index in [0.717, 1.165) is 0 Å². The fraction of sp³-hybridized carbons (Fsp3) is 0.286. The van der Waals surface area contributed by atoms with E-state index in [4.69, 9.17) is 5.11 Å². The molecule has 1 aliphatic rings. The van der Waals surface area contributed by atoms with E-state index >= 15 is 0 Å². The molecule has 9 heavy (non-hydrogen) atoms. The first-order chi connectivity index (χ1) is 4.20. The molecule has 0 heterocycles. The summed E-state index contributed by atoms with van der Waals surface area (Å²) in [5, 5.41) is 8.17. The molecule has 0 saturated heterocycles. The summed E-state index contributed by atoms with van der Waals surface area (Å²) in [5.74, 6) is -0.538. The van der Waals surface area contributed by atoms with Gasteiger partial charge in [0.25, 0.3) is 0 Å². The number of hydrogen-bond donors (Lipinski definition) is 1. The van der Waals surface area contributed by atoms with E-state index in [1.807, 2.05) is 13.0 Å². The zero-order chi connectivity index (χ0) is 6.85. The summed E-state index contributed by atoms with van der Waals surface area (Å²) in [5.41, 5.74) is 1.26. The minimum atomic E-state index is -0.872. The number of carbonyl (C=O) groups is 1. The van der Waals surface area contributed by atoms with Crippen molar-refractivity contribution in [2.45, 2.75) is 6.92 Å². The van der Waals surface area contributed by atoms with Crippen LogP contribution >= 0.6 is 0 Å². The van der Waals surface area contributed by atoms with Crippen molar-refractivity contribution in [2.24, 2.45) is 5.92 Å². The van der Waals surface area contributed by atoms with Crippen LogP contribution in [-0.4, -0.2) is 11.1 Å². The lowest BCUT2D eigenvalue weighted by molar-refractivity contribution is -0.131. The Kier molecular flexibility index (Phi) is 1.39. The highest BCUT2D eigenvalue weighted by atomic mass is 16.4. The molecule has 0 radical (unpaired) electrons. The van der Waals surface area contributed by atoms with E-state index in [2.05, 4.69) is 0 Å². The summed E-state index contributed by atoms with van der Waals surface area (Å²) in [7, 11) is 0. The average Bonchev–Trinajstić information content (AvgIpc) is 2.42. The smallest absolute Gasteiger partial charge is 0.328 e. The molecule has 0 fully saturated rings. The molecule has 1 atom stereocenters. The Morgan fingerprint density at radius 2 is 2.44 bits per heavy atom. The summed E-state index contributed by atoms with van der Waals surface area (Å²) in [6, 6.07) is 0. The van der Waals surface area contributed by atoms with Crippen molar-refractivity contribution in [3.63, 3.8) is 0 Å². The molecule has 2 heteroatoms. The molecule has 0 spiro atoms. The largest absolute Gasteiger partial charge is 0.478 e. The van der Waals surface area contributed by atoms with Crippen LogP contribution < -0.4 is 0 Å². The van der Waals surface area contributed by atoms with Gasteiger partial charge in [0.05, 0.1) is 0 Å². The van der Waals surface area contributed by atoms with Crippen molar-refractivity contribution in [2.75, 3.05) is 0 Å². The Hall–Kier alpha value is -1.05. The summed E-state index contributed by atoms with van der Waals surface area (Å²) in [6.45, 7) is 1.98. The van der Waals surface area contributed by atoms with Crippen LogP contribution in [0.3, 0.4) is 0 Å². The van der Waals surface area contributed by atoms with Gasteiger partial charge in [-0.1, -0.05) is 17.7 Å². The van der Waals surface area contributed by atoms with Crippen LogP contribution in [0.2, 0.25) is 0 Å². The molecule has 0 aromatic carbocycles. The van der Waals surface area contributed by atoms with Crippen LogP contribution in [0.5, 0.6) is 0 Å². The van der Waals surface area contributed by atoms with Gasteiger partial charge in [-0.2, -0.15) is 0 Å². The second kappa shape index (κ2) is 2.05. The van der Waals surface area contributed by atoms with Gasteiger partial charge in [-0.3, -0.25) is 0 Å². The third kappa shape index (κ3) is 1.72. The Labute approximate surface area is 53.5 Å². The number of rotatable bonds is 2. The van der Waals surface area contributed by atoms with Crippen LogP contribution in [-0.2, 0) is 4.79 Å². The van der Waals surface area contributed by atoms with Gasteiger partial charge in [-0.05, 0) is 6.92 Å². The Bertz CT molecular complexity index is 189. The Morgan fingerprint density at radius 1 is 1.89 bits per heavy atom. The van der Waals surface area contributed by atoms with Crippen LogP contribution in [0.4, 0.5) is 0 Å². The third-order valence-corrected chi connectivity index (χ3v) is 1.31. The van der Waals surface area contributed by atoms with Crippen LogP contribution in [0.1, 0.15) is 6.92 Å². The molecule has 48 valence electrons. The maximum Gasteiger partial charge on any atom is 0.328 e. The van der Waals surface area contributed by atoms with Crippen molar-refractivity contribution in [3.8, 4) is 0 Å². The first kappa shape index (κ1) is 6.08. The van der Waals surface area contributed by atoms with Gasteiger partial charge in [0, 0.05) is 12.0 Å². The first-order valence-electron chi connectivity index (χ1n) is 2.79. The minimum Gasteiger partial charge on any atom is -0.478 e. The maximum absolute atomic E-state index is 9.93. The van der Waals surface area contributed by atoms with Crippen molar-refractivity contribution < 1.29 is 9.90 Å². The molecule has 0 amide bonds. The lowest BCUT2D eigenvalue weighted by atomic mass is 10.3. The molecule has 0 bridgehead atoms. The van der Waals surface area contributed by atoms with Gasteiger partial charge < -0.3 is 5.11 Å². The Morgan fingerprint density at radius 3 is 2.78 bits per heavy atom. The first-order valence-corrected chi connectivity index (χ1v) is 2.79. The molecule has 0 aromatic rings. The number of hydrogen-bond acceptors (Lipinski definition) is 1. The standard InChI is InChI=1S/C7H8O2/c1-5-4-6(5)2-3-7(8)9/h2-4,6H,1H3,(H,8,9)/b3-2+. The molecule has 2 nitrogen and oxygen atoms in total. The number of carboxylic acids is 1. The van der Waals surface area contributed by atoms with Crippen molar-refractivity contribution in [1.29, 1.82) is 0 Å².